The van der Waals surface area contributed by atoms with Gasteiger partial charge in [0.1, 0.15) is 36.8 Å². The Morgan fingerprint density at radius 1 is 1.00 bits per heavy atom. The van der Waals surface area contributed by atoms with Gasteiger partial charge < -0.3 is 30.3 Å². The van der Waals surface area contributed by atoms with Crippen LogP contribution >= 0.6 is 0 Å². The Hall–Kier alpha value is -2.36. The Labute approximate surface area is 167 Å². The first-order valence-electron chi connectivity index (χ1n) is 9.10. The van der Waals surface area contributed by atoms with Crippen LogP contribution in [0.4, 0.5) is 4.39 Å². The highest BCUT2D eigenvalue weighted by molar-refractivity contribution is 5.78. The van der Waals surface area contributed by atoms with Crippen molar-refractivity contribution in [3.8, 4) is 11.1 Å². The molecule has 7 nitrogen and oxygen atoms in total. The summed E-state index contributed by atoms with van der Waals surface area (Å²) in [6, 6.07) is 13.3. The Kier molecular flexibility index (Phi) is 8.24. The number of rotatable bonds is 9. The van der Waals surface area contributed by atoms with Gasteiger partial charge in [0, 0.05) is 5.56 Å². The molecule has 2 aromatic carbocycles. The number of aliphatic hydroxyl groups excluding tert-OH is 5. The van der Waals surface area contributed by atoms with Gasteiger partial charge in [0.05, 0.1) is 12.5 Å². The SMILES string of the molecule is CC(C(=O)OCC(O)C(O)C(O)C(O)CO)c1ccc(-c2ccccc2)c(F)c1. The summed E-state index contributed by atoms with van der Waals surface area (Å²) in [5.41, 5.74) is 1.47. The van der Waals surface area contributed by atoms with Crippen LogP contribution in [0.5, 0.6) is 0 Å². The van der Waals surface area contributed by atoms with Crippen molar-refractivity contribution in [2.45, 2.75) is 37.3 Å². The molecule has 8 heteroatoms. The molecule has 0 radical (unpaired) electrons. The maximum Gasteiger partial charge on any atom is 0.313 e. The van der Waals surface area contributed by atoms with E-state index < -0.39 is 55.3 Å². The van der Waals surface area contributed by atoms with Crippen molar-refractivity contribution in [1.82, 2.24) is 0 Å². The molecule has 0 bridgehead atoms. The number of carbonyl (C=O) groups excluding carboxylic acids is 1. The van der Waals surface area contributed by atoms with Gasteiger partial charge in [0.25, 0.3) is 0 Å². The van der Waals surface area contributed by atoms with Crippen LogP contribution in [0, 0.1) is 5.82 Å². The number of halogens is 1. The largest absolute Gasteiger partial charge is 0.462 e. The van der Waals surface area contributed by atoms with E-state index in [1.54, 1.807) is 36.4 Å². The van der Waals surface area contributed by atoms with E-state index in [1.165, 1.54) is 13.0 Å². The average molecular weight is 408 g/mol. The lowest BCUT2D eigenvalue weighted by atomic mass is 9.97. The second-order valence-electron chi connectivity index (χ2n) is 6.76. The monoisotopic (exact) mass is 408 g/mol. The second kappa shape index (κ2) is 10.4. The van der Waals surface area contributed by atoms with Gasteiger partial charge in [-0.25, -0.2) is 4.39 Å². The number of benzene rings is 2. The van der Waals surface area contributed by atoms with E-state index in [1.807, 2.05) is 6.07 Å². The van der Waals surface area contributed by atoms with Gasteiger partial charge in [-0.2, -0.15) is 0 Å². The lowest BCUT2D eigenvalue weighted by molar-refractivity contribution is -0.157. The highest BCUT2D eigenvalue weighted by atomic mass is 19.1. The molecule has 158 valence electrons. The Morgan fingerprint density at radius 2 is 1.62 bits per heavy atom. The van der Waals surface area contributed by atoms with E-state index in [2.05, 4.69) is 0 Å². The lowest BCUT2D eigenvalue weighted by Crippen LogP contribution is -2.47. The molecule has 5 unspecified atom stereocenters. The predicted octanol–water partition coefficient (Wildman–Crippen LogP) is 0.575. The first-order valence-corrected chi connectivity index (χ1v) is 9.10. The van der Waals surface area contributed by atoms with Crippen LogP contribution in [-0.2, 0) is 9.53 Å². The molecule has 29 heavy (non-hydrogen) atoms. The first-order chi connectivity index (χ1) is 13.8. The molecule has 0 aromatic heterocycles. The standard InChI is InChI=1S/C21H25FO7/c1-12(21(28)29-11-18(25)20(27)19(26)17(24)10-23)14-7-8-15(16(22)9-14)13-5-3-2-4-6-13/h2-9,12,17-20,23-27H,10-11H2,1H3. The lowest BCUT2D eigenvalue weighted by Gasteiger charge is -2.25. The minimum Gasteiger partial charge on any atom is -0.462 e. The fourth-order valence-corrected chi connectivity index (χ4v) is 2.74. The van der Waals surface area contributed by atoms with Gasteiger partial charge in [0.15, 0.2) is 0 Å². The summed E-state index contributed by atoms with van der Waals surface area (Å²) in [6.07, 6.45) is -6.98. The number of esters is 1. The zero-order valence-corrected chi connectivity index (χ0v) is 15.9. The molecule has 0 aliphatic carbocycles. The van der Waals surface area contributed by atoms with Crippen LogP contribution in [-0.4, -0.2) is 69.1 Å². The summed E-state index contributed by atoms with van der Waals surface area (Å²) >= 11 is 0. The Morgan fingerprint density at radius 3 is 2.21 bits per heavy atom. The predicted molar refractivity (Wildman–Crippen MR) is 102 cm³/mol. The molecule has 0 aliphatic rings. The summed E-state index contributed by atoms with van der Waals surface area (Å²) in [5, 5.41) is 47.1. The average Bonchev–Trinajstić information content (AvgIpc) is 2.75. The van der Waals surface area contributed by atoms with Crippen molar-refractivity contribution in [3.63, 3.8) is 0 Å². The zero-order chi connectivity index (χ0) is 21.6. The van der Waals surface area contributed by atoms with Crippen molar-refractivity contribution in [2.75, 3.05) is 13.2 Å². The number of aliphatic hydroxyl groups is 5. The van der Waals surface area contributed by atoms with Crippen molar-refractivity contribution in [1.29, 1.82) is 0 Å². The summed E-state index contributed by atoms with van der Waals surface area (Å²) < 4.78 is 19.4. The van der Waals surface area contributed by atoms with E-state index in [-0.39, 0.29) is 0 Å². The van der Waals surface area contributed by atoms with Crippen LogP contribution in [0.2, 0.25) is 0 Å². The highest BCUT2D eigenvalue weighted by Gasteiger charge is 2.31. The molecular formula is C21H25FO7. The Bertz CT molecular complexity index is 799. The molecule has 2 rings (SSSR count). The highest BCUT2D eigenvalue weighted by Crippen LogP contribution is 2.26. The van der Waals surface area contributed by atoms with Gasteiger partial charge in [-0.15, -0.1) is 0 Å². The van der Waals surface area contributed by atoms with Crippen LogP contribution in [0.15, 0.2) is 48.5 Å². The topological polar surface area (TPSA) is 127 Å². The second-order valence-corrected chi connectivity index (χ2v) is 6.76. The summed E-state index contributed by atoms with van der Waals surface area (Å²) in [4.78, 5) is 12.2. The molecule has 2 aromatic rings. The van der Waals surface area contributed by atoms with E-state index in [4.69, 9.17) is 9.84 Å². The number of ether oxygens (including phenoxy) is 1. The third-order valence-corrected chi connectivity index (χ3v) is 4.65. The van der Waals surface area contributed by atoms with Crippen molar-refractivity contribution in [2.24, 2.45) is 0 Å². The minimum atomic E-state index is -1.83. The van der Waals surface area contributed by atoms with Gasteiger partial charge in [0.2, 0.25) is 0 Å². The van der Waals surface area contributed by atoms with Gasteiger partial charge >= 0.3 is 5.97 Å². The summed E-state index contributed by atoms with van der Waals surface area (Å²) in [7, 11) is 0. The summed E-state index contributed by atoms with van der Waals surface area (Å²) in [5.74, 6) is -2.10. The maximum absolute atomic E-state index is 14.5. The molecule has 0 saturated carbocycles. The van der Waals surface area contributed by atoms with E-state index >= 15 is 0 Å². The van der Waals surface area contributed by atoms with E-state index in [0.29, 0.717) is 16.7 Å². The fourth-order valence-electron chi connectivity index (χ4n) is 2.74. The molecule has 5 atom stereocenters. The molecule has 0 heterocycles. The van der Waals surface area contributed by atoms with E-state index in [0.717, 1.165) is 0 Å². The number of hydrogen-bond acceptors (Lipinski definition) is 7. The van der Waals surface area contributed by atoms with Crippen molar-refractivity contribution >= 4 is 5.97 Å². The molecule has 0 fully saturated rings. The van der Waals surface area contributed by atoms with Gasteiger partial charge in [-0.3, -0.25) is 4.79 Å². The smallest absolute Gasteiger partial charge is 0.313 e. The molecule has 0 amide bonds. The molecule has 0 saturated heterocycles. The van der Waals surface area contributed by atoms with Crippen LogP contribution in [0.25, 0.3) is 11.1 Å². The normalized spacial score (nSPS) is 16.5. The van der Waals surface area contributed by atoms with Crippen molar-refractivity contribution < 1.29 is 39.5 Å². The van der Waals surface area contributed by atoms with Crippen LogP contribution < -0.4 is 0 Å². The minimum absolute atomic E-state index is 0.373. The van der Waals surface area contributed by atoms with E-state index in [9.17, 15) is 29.6 Å². The van der Waals surface area contributed by atoms with Gasteiger partial charge in [-0.05, 0) is 24.1 Å². The third kappa shape index (κ3) is 5.81. The molecule has 5 N–H and O–H groups in total. The quantitative estimate of drug-likeness (QED) is 0.384. The number of hydrogen-bond donors (Lipinski definition) is 5. The van der Waals surface area contributed by atoms with Crippen molar-refractivity contribution in [3.05, 3.63) is 59.9 Å². The third-order valence-electron chi connectivity index (χ3n) is 4.65. The Balaban J connectivity index is 1.99. The summed E-state index contributed by atoms with van der Waals surface area (Å²) in [6.45, 7) is 0.0446. The van der Waals surface area contributed by atoms with Crippen LogP contribution in [0.1, 0.15) is 18.4 Å². The first kappa shape index (κ1) is 22.9. The fraction of sp³-hybridized carbons (Fsp3) is 0.381. The molecule has 0 aliphatic heterocycles. The molecule has 0 spiro atoms. The molecular weight excluding hydrogens is 383 g/mol. The van der Waals surface area contributed by atoms with Gasteiger partial charge in [-0.1, -0.05) is 42.5 Å². The van der Waals surface area contributed by atoms with Crippen LogP contribution in [0.3, 0.4) is 0 Å². The maximum atomic E-state index is 14.5. The number of carbonyl (C=O) groups is 1. The zero-order valence-electron chi connectivity index (χ0n) is 15.9.